The number of nitrogens with one attached hydrogen (secondary N) is 1. The van der Waals surface area contributed by atoms with E-state index in [2.05, 4.69) is 55.6 Å². The average Bonchev–Trinajstić information content (AvgIpc) is 3.09. The molecule has 1 saturated carbocycles. The normalized spacial score (nSPS) is 13.9. The van der Waals surface area contributed by atoms with Gasteiger partial charge < -0.3 is 10.5 Å². The molecule has 2 aromatic carbocycles. The molecule has 1 N–H and O–H groups in total. The largest absolute Gasteiger partial charge is 0.668 e. The quantitative estimate of drug-likeness (QED) is 0.277. The molecule has 4 rings (SSSR count). The summed E-state index contributed by atoms with van der Waals surface area (Å²) < 4.78 is 0. The van der Waals surface area contributed by atoms with Crippen molar-refractivity contribution in [1.29, 1.82) is 0 Å². The first-order chi connectivity index (χ1) is 13.6. The zero-order valence-corrected chi connectivity index (χ0v) is 20.8. The van der Waals surface area contributed by atoms with Crippen LogP contribution in [0.25, 0.3) is 16.9 Å². The predicted molar refractivity (Wildman–Crippen MR) is 120 cm³/mol. The molecule has 2 nitrogen and oxygen atoms in total. The molecular weight excluding hydrogens is 441 g/mol. The number of hydrogen-bond donors (Lipinski definition) is 0. The number of carbonyl (C=O) groups excluding carboxylic acids is 1. The Morgan fingerprint density at radius 3 is 2.21 bits per heavy atom. The van der Waals surface area contributed by atoms with Gasteiger partial charge in [0.2, 0.25) is 0 Å². The minimum absolute atomic E-state index is 0.0822. The standard InChI is InChI=1S/C13H9.C7H13NO.C2H7Si.2ClH.Ti/c1-3-7-12-10(5-1)9-11-6-2-4-8-13(11)12;8-7(9)6-4-2-1-3-5-6;1-3-2;;;/h1-5,7-8H,9H2;6H,1-5H2,(H2,8,9);3H,1-2H3;2*1H;/q-1;;;;;+2/p-3. The Balaban J connectivity index is 0.000000229. The van der Waals surface area contributed by atoms with Crippen LogP contribution in [0.15, 0.2) is 42.5 Å². The van der Waals surface area contributed by atoms with Crippen molar-refractivity contribution in [2.24, 2.45) is 5.92 Å². The molecule has 28 heavy (non-hydrogen) atoms. The smallest absolute Gasteiger partial charge is 0.0519 e. The van der Waals surface area contributed by atoms with Gasteiger partial charge in [-0.25, -0.2) is 0 Å². The molecule has 0 saturated heterocycles. The van der Waals surface area contributed by atoms with Gasteiger partial charge in [0, 0.05) is 15.4 Å². The summed E-state index contributed by atoms with van der Waals surface area (Å²) in [5, 5.41) is 0. The van der Waals surface area contributed by atoms with Crippen LogP contribution in [0, 0.1) is 12.0 Å². The van der Waals surface area contributed by atoms with Gasteiger partial charge in [0.15, 0.2) is 0 Å². The van der Waals surface area contributed by atoms with Crippen LogP contribution in [0.3, 0.4) is 0 Å². The Hall–Kier alpha value is -0.579. The molecule has 6 heteroatoms. The molecule has 151 valence electrons. The molecule has 0 spiro atoms. The minimum Gasteiger partial charge on any atom is -0.668 e. The SMILES string of the molecule is C[SiH]C.[Cl][Ti][Cl].[NH-]C(=O)C1CCCCC1.[c-]1cccc2c1Cc1ccccc1-2. The zero-order chi connectivity index (χ0) is 20.8. The van der Waals surface area contributed by atoms with Gasteiger partial charge in [0.05, 0.1) is 5.91 Å². The van der Waals surface area contributed by atoms with Crippen molar-refractivity contribution in [1.82, 2.24) is 0 Å². The maximum Gasteiger partial charge on any atom is 0.0519 e. The van der Waals surface area contributed by atoms with Gasteiger partial charge in [-0.1, -0.05) is 67.7 Å². The van der Waals surface area contributed by atoms with E-state index in [4.69, 9.17) is 24.3 Å². The Morgan fingerprint density at radius 1 is 1.07 bits per heavy atom. The Bertz CT molecular complexity index is 663. The maximum atomic E-state index is 10.5. The van der Waals surface area contributed by atoms with Crippen LogP contribution in [0.2, 0.25) is 13.1 Å². The molecule has 0 bridgehead atoms. The molecule has 2 aromatic rings. The fourth-order valence-corrected chi connectivity index (χ4v) is 3.36. The Labute approximate surface area is 189 Å². The Morgan fingerprint density at radius 2 is 1.64 bits per heavy atom. The van der Waals surface area contributed by atoms with Crippen LogP contribution in [0.5, 0.6) is 0 Å². The zero-order valence-electron chi connectivity index (χ0n) is 16.6. The monoisotopic (exact) mass is 468 g/mol. The molecule has 2 aliphatic rings. The summed E-state index contributed by atoms with van der Waals surface area (Å²) in [6, 6.07) is 18.1. The first-order valence-corrected chi connectivity index (χ1v) is 16.2. The van der Waals surface area contributed by atoms with Crippen molar-refractivity contribution in [3.8, 4) is 11.1 Å². The van der Waals surface area contributed by atoms with Crippen molar-refractivity contribution >= 4 is 34.0 Å². The summed E-state index contributed by atoms with van der Waals surface area (Å²) in [7, 11) is 10.5. The van der Waals surface area contributed by atoms with Crippen LogP contribution in [-0.4, -0.2) is 15.4 Å². The molecule has 1 radical (unpaired) electrons. The topological polar surface area (TPSA) is 40.9 Å². The van der Waals surface area contributed by atoms with Crippen molar-refractivity contribution < 1.29 is 21.8 Å². The number of rotatable bonds is 1. The van der Waals surface area contributed by atoms with Crippen molar-refractivity contribution in [2.45, 2.75) is 51.6 Å². The molecule has 1 amide bonds. The molecule has 0 aromatic heterocycles. The van der Waals surface area contributed by atoms with Crippen molar-refractivity contribution in [2.75, 3.05) is 0 Å². The third-order valence-electron chi connectivity index (χ3n) is 4.59. The van der Waals surface area contributed by atoms with Gasteiger partial charge in [-0.15, -0.1) is 5.56 Å². The second-order valence-electron chi connectivity index (χ2n) is 6.74. The van der Waals surface area contributed by atoms with Crippen molar-refractivity contribution in [3.63, 3.8) is 0 Å². The third-order valence-corrected chi connectivity index (χ3v) is 4.59. The molecule has 0 aliphatic heterocycles. The number of halogens is 2. The first-order valence-electron chi connectivity index (χ1n) is 9.62. The number of carbonyl (C=O) groups is 1. The summed E-state index contributed by atoms with van der Waals surface area (Å²) in [5.41, 5.74) is 12.3. The number of benzene rings is 2. The molecule has 0 heterocycles. The number of amides is 1. The van der Waals surface area contributed by atoms with Gasteiger partial charge in [0.1, 0.15) is 0 Å². The number of fused-ring (bicyclic) bond motifs is 3. The number of hydrogen-bond acceptors (Lipinski definition) is 1. The second-order valence-corrected chi connectivity index (χ2v) is 10.5. The minimum atomic E-state index is -0.556. The summed E-state index contributed by atoms with van der Waals surface area (Å²) in [6.45, 7) is 4.42. The van der Waals surface area contributed by atoms with E-state index in [0.29, 0.717) is 0 Å². The third kappa shape index (κ3) is 8.84. The summed E-state index contributed by atoms with van der Waals surface area (Å²) in [5.74, 6) is -0.270. The van der Waals surface area contributed by atoms with E-state index in [1.165, 1.54) is 28.7 Å². The van der Waals surface area contributed by atoms with E-state index < -0.39 is 17.0 Å². The van der Waals surface area contributed by atoms with Gasteiger partial charge in [-0.05, 0) is 19.3 Å². The van der Waals surface area contributed by atoms with E-state index in [0.717, 1.165) is 41.6 Å². The fraction of sp³-hybridized carbons (Fsp3) is 0.409. The predicted octanol–water partition coefficient (Wildman–Crippen LogP) is 7.10. The molecule has 1 fully saturated rings. The van der Waals surface area contributed by atoms with Crippen LogP contribution in [0.1, 0.15) is 43.2 Å². The van der Waals surface area contributed by atoms with E-state index in [1.807, 2.05) is 6.07 Å². The van der Waals surface area contributed by atoms with Gasteiger partial charge in [0.25, 0.3) is 0 Å². The van der Waals surface area contributed by atoms with Crippen molar-refractivity contribution in [3.05, 3.63) is 65.4 Å². The van der Waals surface area contributed by atoms with E-state index in [-0.39, 0.29) is 11.8 Å². The van der Waals surface area contributed by atoms with Crippen LogP contribution in [-0.2, 0) is 28.2 Å². The van der Waals surface area contributed by atoms with E-state index in [1.54, 1.807) is 0 Å². The van der Waals surface area contributed by atoms with Gasteiger partial charge >= 0.3 is 35.6 Å². The summed E-state index contributed by atoms with van der Waals surface area (Å²) >= 11 is -0.556. The average molecular weight is 469 g/mol. The van der Waals surface area contributed by atoms with E-state index >= 15 is 0 Å². The van der Waals surface area contributed by atoms with Crippen LogP contribution < -0.4 is 0 Å². The van der Waals surface area contributed by atoms with Gasteiger partial charge in [-0.3, -0.25) is 0 Å². The van der Waals surface area contributed by atoms with E-state index in [9.17, 15) is 4.79 Å². The molecule has 0 atom stereocenters. The molecule has 0 unspecified atom stereocenters. The molecular formula is C22H28Cl2NOSiTi-2. The molecule has 2 aliphatic carbocycles. The summed E-state index contributed by atoms with van der Waals surface area (Å²) in [6.07, 6.45) is 6.52. The van der Waals surface area contributed by atoms with Crippen LogP contribution >= 0.6 is 18.6 Å². The maximum absolute atomic E-state index is 10.5. The fourth-order valence-electron chi connectivity index (χ4n) is 3.36. The summed E-state index contributed by atoms with van der Waals surface area (Å²) in [4.78, 5) is 10.5. The van der Waals surface area contributed by atoms with Crippen LogP contribution in [0.4, 0.5) is 0 Å². The first kappa shape index (κ1) is 25.5. The van der Waals surface area contributed by atoms with Gasteiger partial charge in [-0.2, -0.15) is 29.8 Å². The second kappa shape index (κ2) is 15.3. The Kier molecular flexibility index (Phi) is 13.9.